The standard InChI is InChI=1S/C25H23F2N3O3/c1-32-24(31)17-3-5-18(6-4-17)25(9-10-25)29-23-22-21(8-11-28-23)33-13-12-30(22)15-16-2-7-19(26)20(27)14-16/h2-8,11,14H,9-10,12-13,15H2,1H3,(H,28,29). The number of nitrogens with zero attached hydrogens (tertiary/aromatic N) is 2. The highest BCUT2D eigenvalue weighted by Crippen LogP contribution is 2.50. The number of carbonyl (C=O) groups excluding carboxylic acids is 1. The lowest BCUT2D eigenvalue weighted by molar-refractivity contribution is 0.0600. The van der Waals surface area contributed by atoms with Crippen LogP contribution in [0.2, 0.25) is 0 Å². The summed E-state index contributed by atoms with van der Waals surface area (Å²) in [6.07, 6.45) is 3.53. The van der Waals surface area contributed by atoms with Gasteiger partial charge in [-0.05, 0) is 48.2 Å². The molecule has 2 aromatic carbocycles. The Morgan fingerprint density at radius 2 is 1.94 bits per heavy atom. The monoisotopic (exact) mass is 451 g/mol. The third-order valence-corrected chi connectivity index (χ3v) is 6.15. The minimum Gasteiger partial charge on any atom is -0.489 e. The molecule has 1 saturated carbocycles. The van der Waals surface area contributed by atoms with Crippen molar-refractivity contribution in [2.45, 2.75) is 24.9 Å². The first-order valence-electron chi connectivity index (χ1n) is 10.8. The first-order chi connectivity index (χ1) is 16.0. The summed E-state index contributed by atoms with van der Waals surface area (Å²) in [5.74, 6) is -0.734. The maximum absolute atomic E-state index is 13.8. The molecule has 8 heteroatoms. The van der Waals surface area contributed by atoms with E-state index in [0.29, 0.717) is 42.4 Å². The molecule has 33 heavy (non-hydrogen) atoms. The van der Waals surface area contributed by atoms with Crippen LogP contribution < -0.4 is 15.0 Å². The van der Waals surface area contributed by atoms with Crippen molar-refractivity contribution < 1.29 is 23.0 Å². The van der Waals surface area contributed by atoms with Gasteiger partial charge in [-0.2, -0.15) is 0 Å². The number of esters is 1. The van der Waals surface area contributed by atoms with Crippen LogP contribution in [0.4, 0.5) is 20.3 Å². The molecule has 0 bridgehead atoms. The number of aromatic nitrogens is 1. The molecule has 1 aromatic heterocycles. The number of hydrogen-bond donors (Lipinski definition) is 1. The number of hydrogen-bond acceptors (Lipinski definition) is 6. The maximum atomic E-state index is 13.8. The molecule has 2 heterocycles. The van der Waals surface area contributed by atoms with Crippen molar-refractivity contribution >= 4 is 17.5 Å². The average molecular weight is 451 g/mol. The molecule has 6 nitrogen and oxygen atoms in total. The molecule has 0 radical (unpaired) electrons. The van der Waals surface area contributed by atoms with Gasteiger partial charge in [-0.25, -0.2) is 18.6 Å². The van der Waals surface area contributed by atoms with Crippen LogP contribution in [0.25, 0.3) is 0 Å². The zero-order valence-electron chi connectivity index (χ0n) is 18.1. The van der Waals surface area contributed by atoms with E-state index in [2.05, 4.69) is 15.2 Å². The number of carbonyl (C=O) groups is 1. The van der Waals surface area contributed by atoms with Crippen LogP contribution >= 0.6 is 0 Å². The Balaban J connectivity index is 1.43. The van der Waals surface area contributed by atoms with Gasteiger partial charge in [0.25, 0.3) is 0 Å². The zero-order valence-corrected chi connectivity index (χ0v) is 18.1. The molecule has 0 atom stereocenters. The van der Waals surface area contributed by atoms with Gasteiger partial charge in [0.1, 0.15) is 18.0 Å². The Morgan fingerprint density at radius 3 is 2.64 bits per heavy atom. The van der Waals surface area contributed by atoms with E-state index in [-0.39, 0.29) is 11.5 Å². The van der Waals surface area contributed by atoms with E-state index in [1.54, 1.807) is 24.4 Å². The SMILES string of the molecule is COC(=O)c1ccc(C2(Nc3nccc4c3N(Cc3ccc(F)c(F)c3)CCO4)CC2)cc1. The summed E-state index contributed by atoms with van der Waals surface area (Å²) in [7, 11) is 1.36. The van der Waals surface area contributed by atoms with E-state index in [9.17, 15) is 13.6 Å². The van der Waals surface area contributed by atoms with Crippen LogP contribution in [0, 0.1) is 11.6 Å². The molecule has 5 rings (SSSR count). The van der Waals surface area contributed by atoms with Crippen LogP contribution in [0.1, 0.15) is 34.3 Å². The van der Waals surface area contributed by atoms with E-state index < -0.39 is 11.6 Å². The number of benzene rings is 2. The number of pyridine rings is 1. The summed E-state index contributed by atoms with van der Waals surface area (Å²) < 4.78 is 37.8. The minimum atomic E-state index is -0.863. The molecule has 170 valence electrons. The number of nitrogens with one attached hydrogen (secondary N) is 1. The average Bonchev–Trinajstić information content (AvgIpc) is 3.62. The summed E-state index contributed by atoms with van der Waals surface area (Å²) in [4.78, 5) is 18.4. The summed E-state index contributed by atoms with van der Waals surface area (Å²) in [6.45, 7) is 1.47. The van der Waals surface area contributed by atoms with Crippen LogP contribution in [-0.4, -0.2) is 31.2 Å². The summed E-state index contributed by atoms with van der Waals surface area (Å²) >= 11 is 0. The molecule has 0 spiro atoms. The molecule has 1 aliphatic carbocycles. The minimum absolute atomic E-state index is 0.290. The van der Waals surface area contributed by atoms with Gasteiger partial charge in [0.15, 0.2) is 17.5 Å². The van der Waals surface area contributed by atoms with E-state index in [0.717, 1.165) is 30.2 Å². The van der Waals surface area contributed by atoms with E-state index in [4.69, 9.17) is 9.47 Å². The lowest BCUT2D eigenvalue weighted by Gasteiger charge is -2.33. The van der Waals surface area contributed by atoms with Crippen LogP contribution in [0.3, 0.4) is 0 Å². The van der Waals surface area contributed by atoms with E-state index >= 15 is 0 Å². The van der Waals surface area contributed by atoms with Crippen molar-refractivity contribution in [3.63, 3.8) is 0 Å². The van der Waals surface area contributed by atoms with Gasteiger partial charge < -0.3 is 19.7 Å². The molecule has 1 fully saturated rings. The third kappa shape index (κ3) is 4.08. The van der Waals surface area contributed by atoms with Crippen molar-refractivity contribution in [3.8, 4) is 5.75 Å². The first-order valence-corrected chi connectivity index (χ1v) is 10.8. The fourth-order valence-electron chi connectivity index (χ4n) is 4.22. The van der Waals surface area contributed by atoms with Gasteiger partial charge in [-0.3, -0.25) is 0 Å². The highest BCUT2D eigenvalue weighted by atomic mass is 19.2. The second-order valence-electron chi connectivity index (χ2n) is 8.30. The fraction of sp³-hybridized carbons (Fsp3) is 0.280. The van der Waals surface area contributed by atoms with Crippen molar-refractivity contribution in [1.29, 1.82) is 0 Å². The van der Waals surface area contributed by atoms with Crippen LogP contribution in [0.5, 0.6) is 5.75 Å². The molecular weight excluding hydrogens is 428 g/mol. The Bertz CT molecular complexity index is 1200. The fourth-order valence-corrected chi connectivity index (χ4v) is 4.22. The number of halogens is 2. The van der Waals surface area contributed by atoms with Crippen molar-refractivity contribution in [3.05, 3.63) is 83.1 Å². The second kappa shape index (κ2) is 8.35. The summed E-state index contributed by atoms with van der Waals surface area (Å²) in [5, 5.41) is 3.59. The van der Waals surface area contributed by atoms with Gasteiger partial charge in [-0.15, -0.1) is 0 Å². The quantitative estimate of drug-likeness (QED) is 0.551. The van der Waals surface area contributed by atoms with Gasteiger partial charge in [0.05, 0.1) is 24.8 Å². The molecule has 0 unspecified atom stereocenters. The number of methoxy groups -OCH3 is 1. The van der Waals surface area contributed by atoms with Gasteiger partial charge in [0, 0.05) is 18.8 Å². The summed E-state index contributed by atoms with van der Waals surface area (Å²) in [6, 6.07) is 13.1. The number of rotatable bonds is 6. The molecule has 0 saturated heterocycles. The molecular formula is C25H23F2N3O3. The maximum Gasteiger partial charge on any atom is 0.337 e. The zero-order chi connectivity index (χ0) is 23.0. The van der Waals surface area contributed by atoms with Gasteiger partial charge in [-0.1, -0.05) is 18.2 Å². The molecule has 1 N–H and O–H groups in total. The van der Waals surface area contributed by atoms with Gasteiger partial charge in [0.2, 0.25) is 0 Å². The number of fused-ring (bicyclic) bond motifs is 1. The molecule has 0 amide bonds. The lowest BCUT2D eigenvalue weighted by atomic mass is 10.0. The highest BCUT2D eigenvalue weighted by molar-refractivity contribution is 5.89. The third-order valence-electron chi connectivity index (χ3n) is 6.15. The largest absolute Gasteiger partial charge is 0.489 e. The highest BCUT2D eigenvalue weighted by Gasteiger charge is 2.45. The Morgan fingerprint density at radius 1 is 1.15 bits per heavy atom. The van der Waals surface area contributed by atoms with E-state index in [1.807, 2.05) is 18.2 Å². The Hall–Kier alpha value is -3.68. The number of ether oxygens (including phenoxy) is 2. The van der Waals surface area contributed by atoms with Crippen LogP contribution in [0.15, 0.2) is 54.7 Å². The lowest BCUT2D eigenvalue weighted by Crippen LogP contribution is -2.34. The van der Waals surface area contributed by atoms with Crippen molar-refractivity contribution in [2.24, 2.45) is 0 Å². The second-order valence-corrected chi connectivity index (χ2v) is 8.30. The molecule has 1 aliphatic heterocycles. The normalized spacial score (nSPS) is 15.9. The Labute approximate surface area is 190 Å². The topological polar surface area (TPSA) is 63.7 Å². The van der Waals surface area contributed by atoms with E-state index in [1.165, 1.54) is 13.2 Å². The predicted molar refractivity (Wildman–Crippen MR) is 119 cm³/mol. The van der Waals surface area contributed by atoms with Crippen LogP contribution in [-0.2, 0) is 16.8 Å². The summed E-state index contributed by atoms with van der Waals surface area (Å²) in [5.41, 5.74) is 2.72. The molecule has 3 aromatic rings. The van der Waals surface area contributed by atoms with Crippen molar-refractivity contribution in [1.82, 2.24) is 4.98 Å². The van der Waals surface area contributed by atoms with Crippen molar-refractivity contribution in [2.75, 3.05) is 30.5 Å². The smallest absolute Gasteiger partial charge is 0.337 e. The predicted octanol–water partition coefficient (Wildman–Crippen LogP) is 4.65. The first kappa shape index (κ1) is 21.2. The molecule has 2 aliphatic rings. The number of anilines is 2. The Kier molecular flexibility index (Phi) is 5.36. The van der Waals surface area contributed by atoms with Gasteiger partial charge >= 0.3 is 5.97 Å².